The van der Waals surface area contributed by atoms with E-state index < -0.39 is 16.6 Å². The van der Waals surface area contributed by atoms with E-state index in [2.05, 4.69) is 45.9 Å². The van der Waals surface area contributed by atoms with Gasteiger partial charge in [-0.25, -0.2) is 0 Å². The molecule has 1 aromatic carbocycles. The molecule has 1 aromatic rings. The number of allylic oxidation sites excluding steroid dienone is 1. The molecule has 2 nitrogen and oxygen atoms in total. The van der Waals surface area contributed by atoms with Crippen molar-refractivity contribution >= 4 is 22.4 Å². The first-order chi connectivity index (χ1) is 9.07. The maximum absolute atomic E-state index is 6.18. The van der Waals surface area contributed by atoms with Crippen LogP contribution in [0, 0.1) is 0 Å². The van der Waals surface area contributed by atoms with Gasteiger partial charge in [-0.05, 0) is 39.3 Å². The highest BCUT2D eigenvalue weighted by molar-refractivity contribution is 6.70. The van der Waals surface area contributed by atoms with Crippen molar-refractivity contribution in [1.82, 2.24) is 0 Å². The van der Waals surface area contributed by atoms with Crippen molar-refractivity contribution in [3.63, 3.8) is 0 Å². The van der Waals surface area contributed by atoms with Crippen LogP contribution in [0.1, 0.15) is 5.56 Å². The second-order valence-corrected chi connectivity index (χ2v) is 15.6. The molecule has 0 fully saturated rings. The average molecular weight is 307 g/mol. The van der Waals surface area contributed by atoms with Crippen molar-refractivity contribution in [3.05, 3.63) is 54.3 Å². The first-order valence-electron chi connectivity index (χ1n) is 6.91. The second kappa shape index (κ2) is 6.46. The van der Waals surface area contributed by atoms with Crippen LogP contribution in [0.4, 0.5) is 0 Å². The predicted octanol–water partition coefficient (Wildman–Crippen LogP) is 5.24. The van der Waals surface area contributed by atoms with Crippen molar-refractivity contribution in [1.29, 1.82) is 0 Å². The molecule has 0 radical (unpaired) electrons. The van der Waals surface area contributed by atoms with Crippen LogP contribution < -0.4 is 0 Å². The zero-order valence-electron chi connectivity index (χ0n) is 13.5. The highest BCUT2D eigenvalue weighted by Gasteiger charge is 2.20. The molecule has 1 rings (SSSR count). The van der Waals surface area contributed by atoms with Crippen LogP contribution in [0.15, 0.2) is 48.7 Å². The summed E-state index contributed by atoms with van der Waals surface area (Å²) in [5.74, 6) is 1.54. The Labute approximate surface area is 125 Å². The molecule has 0 aromatic heterocycles. The minimum absolute atomic E-state index is 0.682. The Kier molecular flexibility index (Phi) is 5.42. The number of benzene rings is 1. The summed E-state index contributed by atoms with van der Waals surface area (Å²) in [5.41, 5.74) is 1.07. The first-order valence-corrected chi connectivity index (χ1v) is 13.7. The topological polar surface area (TPSA) is 18.5 Å². The van der Waals surface area contributed by atoms with E-state index in [9.17, 15) is 0 Å². The van der Waals surface area contributed by atoms with Gasteiger partial charge in [0.1, 0.15) is 5.76 Å². The molecule has 0 aliphatic rings. The Morgan fingerprint density at radius 2 is 1.40 bits per heavy atom. The van der Waals surface area contributed by atoms with Crippen LogP contribution in [0.2, 0.25) is 39.3 Å². The first kappa shape index (κ1) is 16.8. The van der Waals surface area contributed by atoms with Crippen LogP contribution in [-0.2, 0) is 8.85 Å². The molecular weight excluding hydrogens is 280 g/mol. The van der Waals surface area contributed by atoms with Gasteiger partial charge < -0.3 is 8.85 Å². The molecule has 0 aliphatic heterocycles. The SMILES string of the molecule is C=C(/C=C(\O[Si](C)(C)C)c1ccccc1)O[Si](C)(C)C. The van der Waals surface area contributed by atoms with Gasteiger partial charge in [-0.2, -0.15) is 0 Å². The molecule has 110 valence electrons. The summed E-state index contributed by atoms with van der Waals surface area (Å²) in [7, 11) is -3.32. The molecule has 0 aliphatic carbocycles. The molecule has 0 amide bonds. The zero-order valence-corrected chi connectivity index (χ0v) is 15.5. The molecule has 4 heteroatoms. The average Bonchev–Trinajstić information content (AvgIpc) is 2.25. The quantitative estimate of drug-likeness (QED) is 0.406. The van der Waals surface area contributed by atoms with Crippen molar-refractivity contribution in [2.45, 2.75) is 39.3 Å². The number of hydrogen-bond donors (Lipinski definition) is 0. The van der Waals surface area contributed by atoms with Crippen LogP contribution in [0.5, 0.6) is 0 Å². The van der Waals surface area contributed by atoms with E-state index in [0.717, 1.165) is 11.3 Å². The summed E-state index contributed by atoms with van der Waals surface area (Å²) >= 11 is 0. The Bertz CT molecular complexity index is 479. The molecule has 0 heterocycles. The smallest absolute Gasteiger partial charge is 0.242 e. The van der Waals surface area contributed by atoms with E-state index in [1.807, 2.05) is 36.4 Å². The third kappa shape index (κ3) is 6.77. The van der Waals surface area contributed by atoms with Crippen LogP contribution in [-0.4, -0.2) is 16.6 Å². The van der Waals surface area contributed by atoms with Gasteiger partial charge in [-0.3, -0.25) is 0 Å². The lowest BCUT2D eigenvalue weighted by molar-refractivity contribution is 0.439. The van der Waals surface area contributed by atoms with Gasteiger partial charge in [-0.15, -0.1) is 0 Å². The van der Waals surface area contributed by atoms with Gasteiger partial charge in [0.05, 0.1) is 5.76 Å². The highest BCUT2D eigenvalue weighted by atomic mass is 28.4. The summed E-state index contributed by atoms with van der Waals surface area (Å²) in [4.78, 5) is 0. The zero-order chi connectivity index (χ0) is 15.4. The standard InChI is InChI=1S/C16H26O2Si2/c1-14(17-19(2,3)4)13-16(18-20(5,6)7)15-11-9-8-10-12-15/h8-13H,1H2,2-7H3/b16-13-. The molecule has 0 bridgehead atoms. The van der Waals surface area contributed by atoms with E-state index in [0.29, 0.717) is 5.76 Å². The third-order valence-electron chi connectivity index (χ3n) is 2.20. The van der Waals surface area contributed by atoms with E-state index in [1.54, 1.807) is 0 Å². The lowest BCUT2D eigenvalue weighted by atomic mass is 10.2. The van der Waals surface area contributed by atoms with Crippen LogP contribution in [0.3, 0.4) is 0 Å². The molecule has 0 unspecified atom stereocenters. The summed E-state index contributed by atoms with van der Waals surface area (Å²) in [6.07, 6.45) is 1.92. The third-order valence-corrected chi connectivity index (χ3v) is 3.91. The summed E-state index contributed by atoms with van der Waals surface area (Å²) in [6, 6.07) is 10.1. The lowest BCUT2D eigenvalue weighted by Gasteiger charge is -2.24. The fourth-order valence-electron chi connectivity index (χ4n) is 1.67. The van der Waals surface area contributed by atoms with Crippen LogP contribution >= 0.6 is 0 Å². The molecular formula is C16H26O2Si2. The summed E-state index contributed by atoms with van der Waals surface area (Å²) in [5, 5.41) is 0. The molecule has 0 atom stereocenters. The van der Waals surface area contributed by atoms with Crippen molar-refractivity contribution in [2.75, 3.05) is 0 Å². The predicted molar refractivity (Wildman–Crippen MR) is 92.4 cm³/mol. The minimum Gasteiger partial charge on any atom is -0.545 e. The molecule has 0 spiro atoms. The molecule has 0 saturated carbocycles. The minimum atomic E-state index is -1.68. The molecule has 0 saturated heterocycles. The van der Waals surface area contributed by atoms with Crippen molar-refractivity contribution in [2.24, 2.45) is 0 Å². The maximum atomic E-state index is 6.18. The van der Waals surface area contributed by atoms with Gasteiger partial charge >= 0.3 is 0 Å². The van der Waals surface area contributed by atoms with Gasteiger partial charge in [0, 0.05) is 11.6 Å². The van der Waals surface area contributed by atoms with Gasteiger partial charge in [0.2, 0.25) is 16.6 Å². The summed E-state index contributed by atoms with van der Waals surface area (Å²) < 4.78 is 12.1. The number of rotatable bonds is 6. The van der Waals surface area contributed by atoms with Gasteiger partial charge in [0.15, 0.2) is 0 Å². The van der Waals surface area contributed by atoms with E-state index in [4.69, 9.17) is 8.85 Å². The Balaban J connectivity index is 3.02. The normalized spacial score (nSPS) is 13.0. The summed E-state index contributed by atoms with van der Waals surface area (Å²) in [6.45, 7) is 17.0. The van der Waals surface area contributed by atoms with Crippen molar-refractivity contribution in [3.8, 4) is 0 Å². The van der Waals surface area contributed by atoms with Gasteiger partial charge in [0.25, 0.3) is 0 Å². The number of hydrogen-bond acceptors (Lipinski definition) is 2. The Hall–Kier alpha value is -1.27. The van der Waals surface area contributed by atoms with Crippen molar-refractivity contribution < 1.29 is 8.85 Å². The fourth-order valence-corrected chi connectivity index (χ4v) is 3.35. The lowest BCUT2D eigenvalue weighted by Crippen LogP contribution is -2.26. The largest absolute Gasteiger partial charge is 0.545 e. The molecule has 0 N–H and O–H groups in total. The van der Waals surface area contributed by atoms with E-state index >= 15 is 0 Å². The fraction of sp³-hybridized carbons (Fsp3) is 0.375. The van der Waals surface area contributed by atoms with Gasteiger partial charge in [-0.1, -0.05) is 36.9 Å². The monoisotopic (exact) mass is 306 g/mol. The highest BCUT2D eigenvalue weighted by Crippen LogP contribution is 2.23. The molecule has 20 heavy (non-hydrogen) atoms. The Morgan fingerprint density at radius 1 is 0.900 bits per heavy atom. The van der Waals surface area contributed by atoms with Crippen LogP contribution in [0.25, 0.3) is 5.76 Å². The second-order valence-electron chi connectivity index (χ2n) is 6.77. The maximum Gasteiger partial charge on any atom is 0.242 e. The van der Waals surface area contributed by atoms with E-state index in [-0.39, 0.29) is 0 Å². The van der Waals surface area contributed by atoms with E-state index in [1.165, 1.54) is 0 Å². The Morgan fingerprint density at radius 3 is 1.85 bits per heavy atom.